The number of hydrogen-bond acceptors (Lipinski definition) is 3. The molecule has 1 aromatic heterocycles. The van der Waals surface area contributed by atoms with Crippen LogP contribution in [-0.2, 0) is 16.8 Å². The van der Waals surface area contributed by atoms with Crippen LogP contribution >= 0.6 is 0 Å². The molecular weight excluding hydrogens is 288 g/mol. The summed E-state index contributed by atoms with van der Waals surface area (Å²) in [7, 11) is -1.73. The van der Waals surface area contributed by atoms with E-state index < -0.39 is 10.2 Å². The molecule has 1 aliphatic carbocycles. The van der Waals surface area contributed by atoms with Crippen molar-refractivity contribution < 1.29 is 12.8 Å². The van der Waals surface area contributed by atoms with Crippen LogP contribution in [0.15, 0.2) is 16.5 Å². The third-order valence-corrected chi connectivity index (χ3v) is 6.51. The molecule has 1 saturated carbocycles. The second kappa shape index (κ2) is 5.74. The third-order valence-electron chi connectivity index (χ3n) is 4.57. The number of furan rings is 1. The molecule has 118 valence electrons. The van der Waals surface area contributed by atoms with E-state index in [-0.39, 0.29) is 0 Å². The summed E-state index contributed by atoms with van der Waals surface area (Å²) in [4.78, 5) is 0. The van der Waals surface area contributed by atoms with Crippen LogP contribution in [-0.4, -0.2) is 37.2 Å². The van der Waals surface area contributed by atoms with Crippen molar-refractivity contribution in [2.45, 2.75) is 45.1 Å². The summed E-state index contributed by atoms with van der Waals surface area (Å²) in [5, 5.41) is 0. The van der Waals surface area contributed by atoms with Gasteiger partial charge in [-0.1, -0.05) is 13.3 Å². The second-order valence-electron chi connectivity index (χ2n) is 6.35. The van der Waals surface area contributed by atoms with Crippen molar-refractivity contribution in [1.29, 1.82) is 0 Å². The average molecular weight is 312 g/mol. The Morgan fingerprint density at radius 2 is 1.95 bits per heavy atom. The summed E-state index contributed by atoms with van der Waals surface area (Å²) in [5.74, 6) is 2.95. The van der Waals surface area contributed by atoms with Crippen LogP contribution < -0.4 is 0 Å². The van der Waals surface area contributed by atoms with Crippen LogP contribution in [0.25, 0.3) is 0 Å². The summed E-state index contributed by atoms with van der Waals surface area (Å²) in [6.07, 6.45) is 4.21. The smallest absolute Gasteiger partial charge is 0.282 e. The van der Waals surface area contributed by atoms with E-state index in [1.165, 1.54) is 10.7 Å². The van der Waals surface area contributed by atoms with Gasteiger partial charge in [0.05, 0.1) is 6.54 Å². The zero-order valence-electron chi connectivity index (χ0n) is 12.8. The maximum atomic E-state index is 12.5. The van der Waals surface area contributed by atoms with Gasteiger partial charge in [0.15, 0.2) is 0 Å². The molecule has 5 nitrogen and oxygen atoms in total. The first-order valence-electron chi connectivity index (χ1n) is 7.78. The lowest BCUT2D eigenvalue weighted by Crippen LogP contribution is -2.43. The maximum Gasteiger partial charge on any atom is 0.282 e. The maximum absolute atomic E-state index is 12.5. The van der Waals surface area contributed by atoms with Crippen LogP contribution in [0.1, 0.15) is 50.0 Å². The van der Waals surface area contributed by atoms with Crippen molar-refractivity contribution in [3.8, 4) is 0 Å². The average Bonchev–Trinajstić information content (AvgIpc) is 3.02. The highest BCUT2D eigenvalue weighted by Crippen LogP contribution is 2.47. The van der Waals surface area contributed by atoms with E-state index in [2.05, 4.69) is 6.92 Å². The lowest BCUT2D eigenvalue weighted by atomic mass is 10.2. The van der Waals surface area contributed by atoms with Crippen LogP contribution in [0.4, 0.5) is 0 Å². The van der Waals surface area contributed by atoms with E-state index >= 15 is 0 Å². The van der Waals surface area contributed by atoms with Gasteiger partial charge in [-0.3, -0.25) is 0 Å². The second-order valence-corrected chi connectivity index (χ2v) is 8.38. The molecule has 1 aliphatic heterocycles. The van der Waals surface area contributed by atoms with Gasteiger partial charge in [0, 0.05) is 26.1 Å². The van der Waals surface area contributed by atoms with Crippen molar-refractivity contribution in [1.82, 2.24) is 8.61 Å². The molecule has 2 atom stereocenters. The van der Waals surface area contributed by atoms with Crippen molar-refractivity contribution in [3.05, 3.63) is 23.7 Å². The first kappa shape index (κ1) is 15.1. The van der Waals surface area contributed by atoms with Gasteiger partial charge in [-0.2, -0.15) is 17.0 Å². The summed E-state index contributed by atoms with van der Waals surface area (Å²) < 4.78 is 33.8. The Bertz CT molecular complexity index is 590. The number of hydrogen-bond donors (Lipinski definition) is 0. The Kier molecular flexibility index (Phi) is 4.12. The Morgan fingerprint density at radius 3 is 2.57 bits per heavy atom. The molecule has 0 spiro atoms. The first-order valence-corrected chi connectivity index (χ1v) is 9.18. The van der Waals surface area contributed by atoms with E-state index in [9.17, 15) is 8.42 Å². The van der Waals surface area contributed by atoms with Gasteiger partial charge in [-0.05, 0) is 37.3 Å². The van der Waals surface area contributed by atoms with Gasteiger partial charge in [0.1, 0.15) is 11.5 Å². The SMILES string of the molecule is CC1CC1c1ccc(CN(C)S(=O)(=O)N2CCCCC2)o1. The molecule has 0 radical (unpaired) electrons. The van der Waals surface area contributed by atoms with Crippen molar-refractivity contribution >= 4 is 10.2 Å². The molecule has 2 unspecified atom stereocenters. The molecule has 3 rings (SSSR count). The highest BCUT2D eigenvalue weighted by atomic mass is 32.2. The van der Waals surface area contributed by atoms with Crippen LogP contribution in [0.3, 0.4) is 0 Å². The Hall–Kier alpha value is -0.850. The highest BCUT2D eigenvalue weighted by molar-refractivity contribution is 7.86. The first-order chi connectivity index (χ1) is 9.98. The van der Waals surface area contributed by atoms with Crippen molar-refractivity contribution in [3.63, 3.8) is 0 Å². The van der Waals surface area contributed by atoms with E-state index in [0.717, 1.165) is 30.8 Å². The molecule has 2 fully saturated rings. The predicted octanol–water partition coefficient (Wildman–Crippen LogP) is 2.57. The van der Waals surface area contributed by atoms with Gasteiger partial charge in [-0.25, -0.2) is 0 Å². The fraction of sp³-hybridized carbons (Fsp3) is 0.733. The zero-order valence-corrected chi connectivity index (χ0v) is 13.6. The van der Waals surface area contributed by atoms with Gasteiger partial charge in [0.2, 0.25) is 0 Å². The van der Waals surface area contributed by atoms with Gasteiger partial charge in [-0.15, -0.1) is 0 Å². The zero-order chi connectivity index (χ0) is 15.0. The molecule has 21 heavy (non-hydrogen) atoms. The van der Waals surface area contributed by atoms with Crippen LogP contribution in [0.2, 0.25) is 0 Å². The summed E-state index contributed by atoms with van der Waals surface area (Å²) in [6.45, 7) is 3.78. The minimum atomic E-state index is -3.36. The monoisotopic (exact) mass is 312 g/mol. The van der Waals surface area contributed by atoms with E-state index in [4.69, 9.17) is 4.42 Å². The summed E-state index contributed by atoms with van der Waals surface area (Å²) in [6, 6.07) is 3.90. The third kappa shape index (κ3) is 3.17. The lowest BCUT2D eigenvalue weighted by molar-refractivity contribution is 0.305. The predicted molar refractivity (Wildman–Crippen MR) is 81.0 cm³/mol. The molecule has 2 aliphatic rings. The van der Waals surface area contributed by atoms with Gasteiger partial charge in [0.25, 0.3) is 10.2 Å². The highest BCUT2D eigenvalue weighted by Gasteiger charge is 2.37. The quantitative estimate of drug-likeness (QED) is 0.839. The Morgan fingerprint density at radius 1 is 1.29 bits per heavy atom. The number of nitrogens with zero attached hydrogens (tertiary/aromatic N) is 2. The molecule has 2 heterocycles. The molecule has 0 amide bonds. The standard InChI is InChI=1S/C15H24N2O3S/c1-12-10-14(12)15-7-6-13(20-15)11-16(2)21(18,19)17-8-4-3-5-9-17/h6-7,12,14H,3-5,8-11H2,1-2H3. The van der Waals surface area contributed by atoms with E-state index in [1.54, 1.807) is 11.4 Å². The van der Waals surface area contributed by atoms with E-state index in [0.29, 0.717) is 31.5 Å². The van der Waals surface area contributed by atoms with Crippen LogP contribution in [0, 0.1) is 5.92 Å². The number of rotatable bonds is 5. The molecule has 0 N–H and O–H groups in total. The molecule has 0 bridgehead atoms. The van der Waals surface area contributed by atoms with Gasteiger partial charge < -0.3 is 4.42 Å². The minimum Gasteiger partial charge on any atom is -0.464 e. The molecule has 0 aromatic carbocycles. The molecule has 1 saturated heterocycles. The van der Waals surface area contributed by atoms with Crippen LogP contribution in [0.5, 0.6) is 0 Å². The van der Waals surface area contributed by atoms with Crippen molar-refractivity contribution in [2.75, 3.05) is 20.1 Å². The normalized spacial score (nSPS) is 27.2. The summed E-state index contributed by atoms with van der Waals surface area (Å²) >= 11 is 0. The largest absolute Gasteiger partial charge is 0.464 e. The molecule has 1 aromatic rings. The fourth-order valence-corrected chi connectivity index (χ4v) is 4.40. The summed E-state index contributed by atoms with van der Waals surface area (Å²) in [5.41, 5.74) is 0. The fourth-order valence-electron chi connectivity index (χ4n) is 2.99. The Labute approximate surface area is 127 Å². The molecular formula is C15H24N2O3S. The topological polar surface area (TPSA) is 53.8 Å². The van der Waals surface area contributed by atoms with Gasteiger partial charge >= 0.3 is 0 Å². The van der Waals surface area contributed by atoms with Crippen molar-refractivity contribution in [2.24, 2.45) is 5.92 Å². The minimum absolute atomic E-state index is 0.305. The Balaban J connectivity index is 1.64. The van der Waals surface area contributed by atoms with E-state index in [1.807, 2.05) is 12.1 Å². The number of piperidine rings is 1. The lowest BCUT2D eigenvalue weighted by Gasteiger charge is -2.29. The molecule has 6 heteroatoms.